The summed E-state index contributed by atoms with van der Waals surface area (Å²) in [6.07, 6.45) is 2.17. The summed E-state index contributed by atoms with van der Waals surface area (Å²) in [6.45, 7) is 0.914. The van der Waals surface area contributed by atoms with Gasteiger partial charge in [0.1, 0.15) is 16.4 Å². The molecule has 0 amide bonds. The minimum atomic E-state index is 0.286. The number of aryl methyl sites for hydroxylation is 1. The maximum Gasteiger partial charge on any atom is 0.225 e. The summed E-state index contributed by atoms with van der Waals surface area (Å²) < 4.78 is 5.30. The maximum atomic E-state index is 6.31. The highest BCUT2D eigenvalue weighted by atomic mass is 35.5. The van der Waals surface area contributed by atoms with Crippen molar-refractivity contribution in [1.82, 2.24) is 9.97 Å². The summed E-state index contributed by atoms with van der Waals surface area (Å²) in [5, 5.41) is 3.47. The Kier molecular flexibility index (Phi) is 4.41. The van der Waals surface area contributed by atoms with Gasteiger partial charge < -0.3 is 9.64 Å². The minimum absolute atomic E-state index is 0.286. The molecule has 140 valence electrons. The molecule has 2 aromatic carbocycles. The zero-order valence-electron chi connectivity index (χ0n) is 15.4. The second-order valence-electron chi connectivity index (χ2n) is 6.76. The molecule has 0 fully saturated rings. The Morgan fingerprint density at radius 2 is 1.89 bits per heavy atom. The third-order valence-electron chi connectivity index (χ3n) is 5.15. The Morgan fingerprint density at radius 1 is 1.07 bits per heavy atom. The summed E-state index contributed by atoms with van der Waals surface area (Å²) >= 11 is 7.91. The molecule has 0 unspecified atom stereocenters. The van der Waals surface area contributed by atoms with E-state index in [1.165, 1.54) is 11.3 Å². The van der Waals surface area contributed by atoms with Crippen molar-refractivity contribution >= 4 is 44.7 Å². The first-order chi connectivity index (χ1) is 13.7. The first-order valence-electron chi connectivity index (χ1n) is 9.19. The van der Waals surface area contributed by atoms with E-state index < -0.39 is 0 Å². The van der Waals surface area contributed by atoms with Crippen molar-refractivity contribution in [3.63, 3.8) is 0 Å². The Hall–Kier alpha value is -2.63. The van der Waals surface area contributed by atoms with Crippen LogP contribution in [0, 0.1) is 0 Å². The molecule has 1 aliphatic rings. The Balaban J connectivity index is 1.72. The van der Waals surface area contributed by atoms with Crippen molar-refractivity contribution in [2.45, 2.75) is 12.8 Å². The normalized spacial score (nSPS) is 13.6. The van der Waals surface area contributed by atoms with Crippen molar-refractivity contribution in [1.29, 1.82) is 0 Å². The van der Waals surface area contributed by atoms with Crippen molar-refractivity contribution in [2.24, 2.45) is 0 Å². The standard InChI is InChI=1S/C22H18ClN3OS/c1-27-16-10-8-14(9-11-16)17-13-28-21-19(17)20(24-22(23)25-21)26-12-4-6-15-5-2-3-7-18(15)26/h2-3,5,7-11,13H,4,6,12H2,1H3. The van der Waals surface area contributed by atoms with Gasteiger partial charge in [-0.2, -0.15) is 4.98 Å². The van der Waals surface area contributed by atoms with Crippen LogP contribution in [0.5, 0.6) is 5.75 Å². The lowest BCUT2D eigenvalue weighted by molar-refractivity contribution is 0.415. The first kappa shape index (κ1) is 17.5. The van der Waals surface area contributed by atoms with E-state index in [1.807, 2.05) is 12.1 Å². The van der Waals surface area contributed by atoms with E-state index >= 15 is 0 Å². The number of ether oxygens (including phenoxy) is 1. The van der Waals surface area contributed by atoms with Crippen LogP contribution in [0.25, 0.3) is 21.3 Å². The number of hydrogen-bond acceptors (Lipinski definition) is 5. The van der Waals surface area contributed by atoms with E-state index in [0.29, 0.717) is 0 Å². The van der Waals surface area contributed by atoms with Crippen LogP contribution in [-0.2, 0) is 6.42 Å². The van der Waals surface area contributed by atoms with Gasteiger partial charge in [0.05, 0.1) is 12.5 Å². The van der Waals surface area contributed by atoms with Crippen molar-refractivity contribution in [2.75, 3.05) is 18.6 Å². The average molecular weight is 408 g/mol. The predicted octanol–water partition coefficient (Wildman–Crippen LogP) is 6.10. The summed E-state index contributed by atoms with van der Waals surface area (Å²) in [7, 11) is 1.68. The molecule has 0 bridgehead atoms. The van der Waals surface area contributed by atoms with E-state index in [-0.39, 0.29) is 5.28 Å². The highest BCUT2D eigenvalue weighted by molar-refractivity contribution is 7.17. The second-order valence-corrected chi connectivity index (χ2v) is 7.95. The molecular formula is C22H18ClN3OS. The quantitative estimate of drug-likeness (QED) is 0.384. The fraction of sp³-hybridized carbons (Fsp3) is 0.182. The zero-order chi connectivity index (χ0) is 19.1. The van der Waals surface area contributed by atoms with E-state index in [0.717, 1.165) is 52.3 Å². The van der Waals surface area contributed by atoms with E-state index in [1.54, 1.807) is 18.4 Å². The van der Waals surface area contributed by atoms with Gasteiger partial charge in [-0.1, -0.05) is 30.3 Å². The van der Waals surface area contributed by atoms with Gasteiger partial charge in [0, 0.05) is 23.2 Å². The minimum Gasteiger partial charge on any atom is -0.497 e. The molecule has 0 spiro atoms. The Bertz CT molecular complexity index is 1160. The molecule has 3 heterocycles. The number of fused-ring (bicyclic) bond motifs is 2. The molecule has 28 heavy (non-hydrogen) atoms. The maximum absolute atomic E-state index is 6.31. The number of nitrogens with zero attached hydrogens (tertiary/aromatic N) is 3. The van der Waals surface area contributed by atoms with Crippen LogP contribution in [0.1, 0.15) is 12.0 Å². The molecule has 4 aromatic rings. The third-order valence-corrected chi connectivity index (χ3v) is 6.20. The fourth-order valence-electron chi connectivity index (χ4n) is 3.83. The first-order valence-corrected chi connectivity index (χ1v) is 10.4. The summed E-state index contributed by atoms with van der Waals surface area (Å²) in [5.74, 6) is 1.72. The number of rotatable bonds is 3. The molecule has 6 heteroatoms. The van der Waals surface area contributed by atoms with Crippen molar-refractivity contribution < 1.29 is 4.74 Å². The smallest absolute Gasteiger partial charge is 0.225 e. The largest absolute Gasteiger partial charge is 0.497 e. The highest BCUT2D eigenvalue weighted by Crippen LogP contribution is 2.42. The van der Waals surface area contributed by atoms with E-state index in [9.17, 15) is 0 Å². The summed E-state index contributed by atoms with van der Waals surface area (Å²) in [6, 6.07) is 16.6. The highest BCUT2D eigenvalue weighted by Gasteiger charge is 2.24. The molecule has 5 rings (SSSR count). The molecule has 0 saturated carbocycles. The van der Waals surface area contributed by atoms with Crippen LogP contribution in [0.15, 0.2) is 53.9 Å². The fourth-order valence-corrected chi connectivity index (χ4v) is 4.99. The predicted molar refractivity (Wildman–Crippen MR) is 116 cm³/mol. The summed E-state index contributed by atoms with van der Waals surface area (Å²) in [5.41, 5.74) is 4.79. The molecule has 0 atom stereocenters. The topological polar surface area (TPSA) is 38.3 Å². The van der Waals surface area contributed by atoms with Crippen LogP contribution in [0.2, 0.25) is 5.28 Å². The number of thiophene rings is 1. The van der Waals surface area contributed by atoms with Gasteiger partial charge in [-0.3, -0.25) is 0 Å². The molecule has 0 radical (unpaired) electrons. The van der Waals surface area contributed by atoms with Crippen LogP contribution in [0.3, 0.4) is 0 Å². The van der Waals surface area contributed by atoms with Gasteiger partial charge in [-0.05, 0) is 53.8 Å². The molecule has 2 aromatic heterocycles. The third kappa shape index (κ3) is 2.91. The molecule has 0 N–H and O–H groups in total. The zero-order valence-corrected chi connectivity index (χ0v) is 16.9. The Morgan fingerprint density at radius 3 is 2.71 bits per heavy atom. The summed E-state index contributed by atoms with van der Waals surface area (Å²) in [4.78, 5) is 12.4. The average Bonchev–Trinajstić information content (AvgIpc) is 3.16. The molecular weight excluding hydrogens is 390 g/mol. The number of methoxy groups -OCH3 is 1. The number of aromatic nitrogens is 2. The Labute approximate surface area is 172 Å². The number of benzene rings is 2. The lowest BCUT2D eigenvalue weighted by atomic mass is 10.0. The number of para-hydroxylation sites is 1. The van der Waals surface area contributed by atoms with Gasteiger partial charge in [0.15, 0.2) is 0 Å². The lowest BCUT2D eigenvalue weighted by Gasteiger charge is -2.31. The van der Waals surface area contributed by atoms with Crippen LogP contribution in [0.4, 0.5) is 11.5 Å². The van der Waals surface area contributed by atoms with Crippen LogP contribution >= 0.6 is 22.9 Å². The number of anilines is 2. The second kappa shape index (κ2) is 7.08. The molecule has 0 aliphatic carbocycles. The van der Waals surface area contributed by atoms with Gasteiger partial charge in [0.2, 0.25) is 5.28 Å². The molecule has 4 nitrogen and oxygen atoms in total. The van der Waals surface area contributed by atoms with Crippen molar-refractivity contribution in [3.05, 3.63) is 64.8 Å². The van der Waals surface area contributed by atoms with E-state index in [4.69, 9.17) is 16.3 Å². The van der Waals surface area contributed by atoms with Crippen molar-refractivity contribution in [3.8, 4) is 16.9 Å². The number of hydrogen-bond donors (Lipinski definition) is 0. The number of halogens is 1. The van der Waals surface area contributed by atoms with Crippen LogP contribution in [-0.4, -0.2) is 23.6 Å². The SMILES string of the molecule is COc1ccc(-c2csc3nc(Cl)nc(N4CCCc5ccccc54)c23)cc1. The van der Waals surface area contributed by atoms with Crippen LogP contribution < -0.4 is 9.64 Å². The van der Waals surface area contributed by atoms with Gasteiger partial charge >= 0.3 is 0 Å². The molecule has 0 saturated heterocycles. The lowest BCUT2D eigenvalue weighted by Crippen LogP contribution is -2.25. The van der Waals surface area contributed by atoms with E-state index in [2.05, 4.69) is 56.6 Å². The monoisotopic (exact) mass is 407 g/mol. The van der Waals surface area contributed by atoms with Gasteiger partial charge in [-0.15, -0.1) is 11.3 Å². The molecule has 1 aliphatic heterocycles. The van der Waals surface area contributed by atoms with Gasteiger partial charge in [0.25, 0.3) is 0 Å². The van der Waals surface area contributed by atoms with Gasteiger partial charge in [-0.25, -0.2) is 4.98 Å².